The Hall–Kier alpha value is -4.10. The van der Waals surface area contributed by atoms with E-state index in [9.17, 15) is 30.0 Å². The molecule has 4 aliphatic carbocycles. The van der Waals surface area contributed by atoms with Crippen LogP contribution in [0.25, 0.3) is 21.5 Å². The number of carbonyl (C=O) groups is 2. The number of aromatic carboxylic acids is 2. The van der Waals surface area contributed by atoms with Crippen LogP contribution in [0.15, 0.2) is 60.7 Å². The van der Waals surface area contributed by atoms with Crippen LogP contribution in [-0.4, -0.2) is 37.9 Å². The van der Waals surface area contributed by atoms with Gasteiger partial charge in [0.05, 0.1) is 0 Å². The predicted molar refractivity (Wildman–Crippen MR) is 162 cm³/mol. The minimum absolute atomic E-state index is 0.0407. The van der Waals surface area contributed by atoms with E-state index in [1.165, 1.54) is 50.7 Å². The predicted octanol–water partition coefficient (Wildman–Crippen LogP) is 7.09. The summed E-state index contributed by atoms with van der Waals surface area (Å²) < 4.78 is 0. The van der Waals surface area contributed by atoms with Crippen molar-refractivity contribution in [2.24, 2.45) is 22.5 Å². The van der Waals surface area contributed by atoms with Crippen molar-refractivity contribution in [3.05, 3.63) is 82.9 Å². The van der Waals surface area contributed by atoms with Gasteiger partial charge in [0.1, 0.15) is 22.6 Å². The summed E-state index contributed by atoms with van der Waals surface area (Å²) in [5.41, 5.74) is 8.03. The summed E-state index contributed by atoms with van der Waals surface area (Å²) in [6.45, 7) is 4.94. The van der Waals surface area contributed by atoms with E-state index in [1.807, 2.05) is 0 Å². The molecule has 8 rings (SSSR count). The molecule has 4 aromatic rings. The standard InChI is InChI=1S/C23H16O6.C12H21N/c24-20-16(14-7-3-1-5-12(14)9-18(20)22(26)27)11-17-15-8-4-2-6-13(15)10-19(21(17)25)23(28)29;1-10-3-9-4-11(2,6-10)8-12(13,5-9)7-10/h1-10,24-25H,11H2,(H,26,27)(H,28,29);9H,3-8,13H2,1-2H3. The fourth-order valence-corrected chi connectivity index (χ4v) is 9.22. The zero-order valence-corrected chi connectivity index (χ0v) is 24.0. The lowest BCUT2D eigenvalue weighted by Gasteiger charge is -2.64. The lowest BCUT2D eigenvalue weighted by atomic mass is 9.43. The van der Waals surface area contributed by atoms with E-state index >= 15 is 0 Å². The first-order chi connectivity index (χ1) is 19.8. The quantitative estimate of drug-likeness (QED) is 0.177. The van der Waals surface area contributed by atoms with Gasteiger partial charge in [0.25, 0.3) is 0 Å². The number of phenols is 2. The normalized spacial score (nSPS) is 27.5. The molecule has 7 heteroatoms. The van der Waals surface area contributed by atoms with Gasteiger partial charge in [0, 0.05) is 23.1 Å². The zero-order valence-electron chi connectivity index (χ0n) is 24.0. The molecule has 0 aliphatic heterocycles. The minimum atomic E-state index is -1.28. The second kappa shape index (κ2) is 9.73. The number of hydrogen-bond acceptors (Lipinski definition) is 5. The maximum absolute atomic E-state index is 11.6. The Morgan fingerprint density at radius 3 is 1.55 bits per heavy atom. The van der Waals surface area contributed by atoms with Gasteiger partial charge in [-0.25, -0.2) is 9.59 Å². The SMILES string of the molecule is CC12CC3CC(C)(C1)CC(N)(C3)C2.O=C(O)c1cc2ccccc2c(Cc2c(O)c(C(=O)O)cc3ccccc23)c1O. The van der Waals surface area contributed by atoms with E-state index in [0.717, 1.165) is 5.92 Å². The molecule has 2 atom stereocenters. The molecule has 0 saturated heterocycles. The van der Waals surface area contributed by atoms with Crippen molar-refractivity contribution in [3.8, 4) is 11.5 Å². The highest BCUT2D eigenvalue weighted by atomic mass is 16.4. The van der Waals surface area contributed by atoms with Gasteiger partial charge in [-0.05, 0) is 89.0 Å². The first-order valence-electron chi connectivity index (χ1n) is 14.5. The van der Waals surface area contributed by atoms with Crippen LogP contribution in [-0.2, 0) is 6.42 Å². The second-order valence-electron chi connectivity index (χ2n) is 13.7. The molecule has 42 heavy (non-hydrogen) atoms. The van der Waals surface area contributed by atoms with E-state index in [4.69, 9.17) is 5.73 Å². The molecule has 2 unspecified atom stereocenters. The monoisotopic (exact) mass is 567 g/mol. The van der Waals surface area contributed by atoms with Gasteiger partial charge in [0.2, 0.25) is 0 Å². The molecule has 6 N–H and O–H groups in total. The van der Waals surface area contributed by atoms with Crippen LogP contribution in [0.2, 0.25) is 0 Å². The third kappa shape index (κ3) is 4.86. The number of hydrogen-bond donors (Lipinski definition) is 5. The van der Waals surface area contributed by atoms with Crippen LogP contribution in [0.4, 0.5) is 0 Å². The second-order valence-corrected chi connectivity index (χ2v) is 13.7. The van der Waals surface area contributed by atoms with Crippen LogP contribution in [0.5, 0.6) is 11.5 Å². The number of nitrogens with two attached hydrogens (primary N) is 1. The fraction of sp³-hybridized carbons (Fsp3) is 0.371. The Labute approximate surface area is 244 Å². The number of fused-ring (bicyclic) bond motifs is 2. The largest absolute Gasteiger partial charge is 0.507 e. The summed E-state index contributed by atoms with van der Waals surface area (Å²) in [5.74, 6) is -2.40. The summed E-state index contributed by atoms with van der Waals surface area (Å²) in [5, 5.41) is 42.8. The maximum Gasteiger partial charge on any atom is 0.339 e. The van der Waals surface area contributed by atoms with Gasteiger partial charge >= 0.3 is 11.9 Å². The van der Waals surface area contributed by atoms with Crippen molar-refractivity contribution in [1.29, 1.82) is 0 Å². The van der Waals surface area contributed by atoms with Crippen molar-refractivity contribution >= 4 is 33.5 Å². The molecular formula is C35H37NO6. The molecule has 4 aliphatic rings. The van der Waals surface area contributed by atoms with Gasteiger partial charge < -0.3 is 26.2 Å². The Balaban J connectivity index is 0.000000200. The summed E-state index contributed by atoms with van der Waals surface area (Å²) >= 11 is 0. The molecule has 4 fully saturated rings. The summed E-state index contributed by atoms with van der Waals surface area (Å²) in [4.78, 5) is 23.2. The van der Waals surface area contributed by atoms with Crippen LogP contribution < -0.4 is 5.73 Å². The number of benzene rings is 4. The van der Waals surface area contributed by atoms with Gasteiger partial charge in [-0.3, -0.25) is 0 Å². The minimum Gasteiger partial charge on any atom is -0.507 e. The molecule has 0 aromatic heterocycles. The topological polar surface area (TPSA) is 141 Å². The van der Waals surface area contributed by atoms with E-state index < -0.39 is 23.4 Å². The highest BCUT2D eigenvalue weighted by Gasteiger charge is 2.58. The van der Waals surface area contributed by atoms with Gasteiger partial charge in [-0.2, -0.15) is 0 Å². The van der Waals surface area contributed by atoms with Crippen LogP contribution in [0.1, 0.15) is 84.2 Å². The summed E-state index contributed by atoms with van der Waals surface area (Å²) in [7, 11) is 0. The molecule has 4 aromatic carbocycles. The Morgan fingerprint density at radius 2 is 1.17 bits per heavy atom. The van der Waals surface area contributed by atoms with Crippen LogP contribution in [0, 0.1) is 16.7 Å². The van der Waals surface area contributed by atoms with Crippen LogP contribution >= 0.6 is 0 Å². The van der Waals surface area contributed by atoms with E-state index in [1.54, 1.807) is 48.5 Å². The summed E-state index contributed by atoms with van der Waals surface area (Å²) in [6.07, 6.45) is 8.23. The Kier molecular flexibility index (Phi) is 6.50. The number of aromatic hydroxyl groups is 2. The lowest BCUT2D eigenvalue weighted by molar-refractivity contribution is -0.104. The van der Waals surface area contributed by atoms with E-state index in [0.29, 0.717) is 43.5 Å². The molecule has 7 nitrogen and oxygen atoms in total. The molecule has 0 spiro atoms. The first-order valence-corrected chi connectivity index (χ1v) is 14.5. The molecule has 218 valence electrons. The fourth-order valence-electron chi connectivity index (χ4n) is 9.22. The van der Waals surface area contributed by atoms with Gasteiger partial charge in [-0.1, -0.05) is 62.4 Å². The lowest BCUT2D eigenvalue weighted by Crippen LogP contribution is -2.62. The summed E-state index contributed by atoms with van der Waals surface area (Å²) in [6, 6.07) is 16.8. The van der Waals surface area contributed by atoms with Crippen molar-refractivity contribution < 1.29 is 30.0 Å². The van der Waals surface area contributed by atoms with Crippen molar-refractivity contribution in [2.75, 3.05) is 0 Å². The molecular weight excluding hydrogens is 530 g/mol. The van der Waals surface area contributed by atoms with Crippen LogP contribution in [0.3, 0.4) is 0 Å². The van der Waals surface area contributed by atoms with Crippen molar-refractivity contribution in [3.63, 3.8) is 0 Å². The average molecular weight is 568 g/mol. The molecule has 0 radical (unpaired) electrons. The number of rotatable bonds is 4. The van der Waals surface area contributed by atoms with Crippen molar-refractivity contribution in [1.82, 2.24) is 0 Å². The van der Waals surface area contributed by atoms with Crippen molar-refractivity contribution in [2.45, 2.75) is 64.3 Å². The number of carboxylic acids is 2. The third-order valence-corrected chi connectivity index (χ3v) is 9.74. The third-order valence-electron chi connectivity index (χ3n) is 9.74. The highest BCUT2D eigenvalue weighted by Crippen LogP contribution is 2.65. The molecule has 4 bridgehead atoms. The first kappa shape index (κ1) is 28.0. The zero-order chi connectivity index (χ0) is 30.0. The molecule has 4 saturated carbocycles. The average Bonchev–Trinajstić information content (AvgIpc) is 2.88. The Bertz CT molecular complexity index is 1610. The Morgan fingerprint density at radius 1 is 0.738 bits per heavy atom. The smallest absolute Gasteiger partial charge is 0.339 e. The highest BCUT2D eigenvalue weighted by molar-refractivity contribution is 6.02. The maximum atomic E-state index is 11.6. The van der Waals surface area contributed by atoms with E-state index in [2.05, 4.69) is 13.8 Å². The molecule has 0 amide bonds. The van der Waals surface area contributed by atoms with E-state index in [-0.39, 0.29) is 23.1 Å². The number of carboxylic acid groups (broad SMARTS) is 2. The van der Waals surface area contributed by atoms with Gasteiger partial charge in [-0.15, -0.1) is 0 Å². The molecule has 0 heterocycles. The van der Waals surface area contributed by atoms with Gasteiger partial charge in [0.15, 0.2) is 0 Å².